The van der Waals surface area contributed by atoms with Crippen LogP contribution in [0.25, 0.3) is 0 Å². The first-order valence-electron chi connectivity index (χ1n) is 9.04. The molecule has 1 saturated carbocycles. The molecule has 2 aliphatic rings. The Morgan fingerprint density at radius 2 is 2.00 bits per heavy atom. The van der Waals surface area contributed by atoms with E-state index in [4.69, 9.17) is 9.15 Å². The van der Waals surface area contributed by atoms with Gasteiger partial charge in [0.05, 0.1) is 24.2 Å². The van der Waals surface area contributed by atoms with E-state index in [1.807, 2.05) is 19.9 Å². The largest absolute Gasteiger partial charge is 0.496 e. The van der Waals surface area contributed by atoms with Crippen molar-refractivity contribution in [2.24, 2.45) is 0 Å². The van der Waals surface area contributed by atoms with Gasteiger partial charge in [0.2, 0.25) is 10.0 Å². The number of sulfonamides is 1. The summed E-state index contributed by atoms with van der Waals surface area (Å²) in [5.74, 6) is 2.63. The zero-order chi connectivity index (χ0) is 18.5. The number of ether oxygens (including phenoxy) is 1. The predicted molar refractivity (Wildman–Crippen MR) is 96.9 cm³/mol. The highest BCUT2D eigenvalue weighted by molar-refractivity contribution is 7.89. The first kappa shape index (κ1) is 17.5. The third-order valence-corrected chi connectivity index (χ3v) is 7.46. The summed E-state index contributed by atoms with van der Waals surface area (Å²) >= 11 is 0. The van der Waals surface area contributed by atoms with Gasteiger partial charge in [0.1, 0.15) is 11.5 Å². The summed E-state index contributed by atoms with van der Waals surface area (Å²) in [5, 5.41) is 0. The Hall–Kier alpha value is -1.86. The second kappa shape index (κ2) is 6.39. The van der Waals surface area contributed by atoms with Crippen LogP contribution >= 0.6 is 0 Å². The molecule has 0 N–H and O–H groups in total. The average Bonchev–Trinajstić information content (AvgIpc) is 2.95. The molecule has 140 valence electrons. The molecule has 6 nitrogen and oxygen atoms in total. The fourth-order valence-corrected chi connectivity index (χ4v) is 5.30. The summed E-state index contributed by atoms with van der Waals surface area (Å²) in [7, 11) is -2.06. The molecule has 7 heteroatoms. The van der Waals surface area contributed by atoms with Crippen molar-refractivity contribution in [3.8, 4) is 5.75 Å². The lowest BCUT2D eigenvalue weighted by atomic mass is 9.85. The van der Waals surface area contributed by atoms with Crippen LogP contribution < -0.4 is 4.74 Å². The average molecular weight is 376 g/mol. The molecule has 0 spiro atoms. The number of fused-ring (bicyclic) bond motifs is 1. The molecule has 4 rings (SSSR count). The molecule has 2 heterocycles. The van der Waals surface area contributed by atoms with Gasteiger partial charge in [-0.2, -0.15) is 4.31 Å². The Bertz CT molecular complexity index is 945. The lowest BCUT2D eigenvalue weighted by molar-refractivity contribution is 0.314. The van der Waals surface area contributed by atoms with Crippen LogP contribution in [0.1, 0.15) is 53.7 Å². The van der Waals surface area contributed by atoms with Crippen LogP contribution in [0.3, 0.4) is 0 Å². The van der Waals surface area contributed by atoms with Gasteiger partial charge >= 0.3 is 0 Å². The van der Waals surface area contributed by atoms with Crippen LogP contribution in [0.15, 0.2) is 21.4 Å². The number of methoxy groups -OCH3 is 1. The molecule has 0 unspecified atom stereocenters. The Balaban J connectivity index is 1.64. The molecular weight excluding hydrogens is 352 g/mol. The first-order chi connectivity index (χ1) is 12.4. The fourth-order valence-electron chi connectivity index (χ4n) is 3.68. The van der Waals surface area contributed by atoms with Gasteiger partial charge < -0.3 is 9.15 Å². The molecule has 1 aromatic heterocycles. The SMILES string of the molecule is COc1cc(S(=O)(=O)N2CCc3oc(C4CCC4)nc3C2)c(C)cc1C. The van der Waals surface area contributed by atoms with Gasteiger partial charge in [-0.3, -0.25) is 0 Å². The number of oxazole rings is 1. The van der Waals surface area contributed by atoms with Crippen molar-refractivity contribution in [3.05, 3.63) is 40.6 Å². The van der Waals surface area contributed by atoms with E-state index in [0.717, 1.165) is 41.3 Å². The van der Waals surface area contributed by atoms with E-state index in [9.17, 15) is 8.42 Å². The molecule has 1 aliphatic carbocycles. The van der Waals surface area contributed by atoms with E-state index in [-0.39, 0.29) is 6.54 Å². The van der Waals surface area contributed by atoms with Crippen LogP contribution in [-0.2, 0) is 23.0 Å². The van der Waals surface area contributed by atoms with E-state index >= 15 is 0 Å². The van der Waals surface area contributed by atoms with Gasteiger partial charge in [-0.1, -0.05) is 12.5 Å². The maximum Gasteiger partial charge on any atom is 0.243 e. The highest BCUT2D eigenvalue weighted by Gasteiger charge is 2.34. The van der Waals surface area contributed by atoms with E-state index in [1.165, 1.54) is 10.7 Å². The van der Waals surface area contributed by atoms with Gasteiger partial charge in [0.25, 0.3) is 0 Å². The summed E-state index contributed by atoms with van der Waals surface area (Å²) in [6, 6.07) is 3.48. The lowest BCUT2D eigenvalue weighted by Crippen LogP contribution is -2.36. The van der Waals surface area contributed by atoms with Crippen LogP contribution in [0.4, 0.5) is 0 Å². The minimum absolute atomic E-state index is 0.267. The number of aromatic nitrogens is 1. The number of rotatable bonds is 4. The second-order valence-electron chi connectivity index (χ2n) is 7.23. The summed E-state index contributed by atoms with van der Waals surface area (Å²) in [6.07, 6.45) is 4.01. The van der Waals surface area contributed by atoms with Crippen molar-refractivity contribution >= 4 is 10.0 Å². The molecule has 0 amide bonds. The fraction of sp³-hybridized carbons (Fsp3) is 0.526. The van der Waals surface area contributed by atoms with E-state index in [0.29, 0.717) is 29.5 Å². The maximum atomic E-state index is 13.2. The van der Waals surface area contributed by atoms with Crippen molar-refractivity contribution in [3.63, 3.8) is 0 Å². The Morgan fingerprint density at radius 1 is 1.23 bits per heavy atom. The third kappa shape index (κ3) is 2.83. The van der Waals surface area contributed by atoms with Crippen LogP contribution in [0.2, 0.25) is 0 Å². The molecule has 0 saturated heterocycles. The van der Waals surface area contributed by atoms with Crippen LogP contribution in [0, 0.1) is 13.8 Å². The second-order valence-corrected chi connectivity index (χ2v) is 9.13. The Kier molecular flexibility index (Phi) is 4.31. The van der Waals surface area contributed by atoms with Crippen LogP contribution in [-0.4, -0.2) is 31.4 Å². The number of hydrogen-bond acceptors (Lipinski definition) is 5. The number of aryl methyl sites for hydroxylation is 2. The summed E-state index contributed by atoms with van der Waals surface area (Å²) in [6.45, 7) is 4.40. The number of hydrogen-bond donors (Lipinski definition) is 0. The van der Waals surface area contributed by atoms with Crippen molar-refractivity contribution in [2.45, 2.75) is 56.9 Å². The summed E-state index contributed by atoms with van der Waals surface area (Å²) < 4.78 is 39.2. The molecule has 26 heavy (non-hydrogen) atoms. The monoisotopic (exact) mass is 376 g/mol. The van der Waals surface area contributed by atoms with Crippen molar-refractivity contribution < 1.29 is 17.6 Å². The van der Waals surface area contributed by atoms with Gasteiger partial charge in [0.15, 0.2) is 5.89 Å². The van der Waals surface area contributed by atoms with Crippen molar-refractivity contribution in [2.75, 3.05) is 13.7 Å². The molecule has 2 aromatic rings. The standard InChI is InChI=1S/C19H24N2O4S/c1-12-9-13(2)18(10-17(12)24-3)26(22,23)21-8-7-16-15(11-21)20-19(25-16)14-5-4-6-14/h9-10,14H,4-8,11H2,1-3H3. The molecule has 1 aromatic carbocycles. The van der Waals surface area contributed by atoms with E-state index in [1.54, 1.807) is 13.2 Å². The zero-order valence-electron chi connectivity index (χ0n) is 15.4. The molecule has 0 bridgehead atoms. The number of benzene rings is 1. The van der Waals surface area contributed by atoms with Crippen LogP contribution in [0.5, 0.6) is 5.75 Å². The number of nitrogens with zero attached hydrogens (tertiary/aromatic N) is 2. The molecule has 1 aliphatic heterocycles. The van der Waals surface area contributed by atoms with Gasteiger partial charge in [-0.25, -0.2) is 13.4 Å². The van der Waals surface area contributed by atoms with Gasteiger partial charge in [-0.15, -0.1) is 0 Å². The summed E-state index contributed by atoms with van der Waals surface area (Å²) in [5.41, 5.74) is 2.41. The smallest absolute Gasteiger partial charge is 0.243 e. The first-order valence-corrected chi connectivity index (χ1v) is 10.5. The normalized spacial score (nSPS) is 18.4. The molecule has 1 fully saturated rings. The Morgan fingerprint density at radius 3 is 2.65 bits per heavy atom. The highest BCUT2D eigenvalue weighted by atomic mass is 32.2. The quantitative estimate of drug-likeness (QED) is 0.818. The van der Waals surface area contributed by atoms with E-state index < -0.39 is 10.0 Å². The molecule has 0 radical (unpaired) electrons. The maximum absolute atomic E-state index is 13.2. The highest BCUT2D eigenvalue weighted by Crippen LogP contribution is 2.38. The molecular formula is C19H24N2O4S. The zero-order valence-corrected chi connectivity index (χ0v) is 16.2. The summed E-state index contributed by atoms with van der Waals surface area (Å²) in [4.78, 5) is 4.90. The molecule has 0 atom stereocenters. The lowest BCUT2D eigenvalue weighted by Gasteiger charge is -2.25. The minimum atomic E-state index is -3.62. The Labute approximate surface area is 154 Å². The van der Waals surface area contributed by atoms with Gasteiger partial charge in [-0.05, 0) is 37.8 Å². The van der Waals surface area contributed by atoms with Crippen molar-refractivity contribution in [1.29, 1.82) is 0 Å². The van der Waals surface area contributed by atoms with Crippen molar-refractivity contribution in [1.82, 2.24) is 9.29 Å². The minimum Gasteiger partial charge on any atom is -0.496 e. The topological polar surface area (TPSA) is 72.6 Å². The van der Waals surface area contributed by atoms with Gasteiger partial charge in [0, 0.05) is 24.9 Å². The third-order valence-electron chi connectivity index (χ3n) is 5.47. The predicted octanol–water partition coefficient (Wildman–Crippen LogP) is 3.31. The van der Waals surface area contributed by atoms with E-state index in [2.05, 4.69) is 4.98 Å².